The van der Waals surface area contributed by atoms with Gasteiger partial charge in [0.05, 0.1) is 10.4 Å². The molecule has 0 saturated carbocycles. The number of hydrogen-bond acceptors (Lipinski definition) is 3. The third-order valence-corrected chi connectivity index (χ3v) is 12.6. The summed E-state index contributed by atoms with van der Waals surface area (Å²) in [5.74, 6) is 0. The predicted molar refractivity (Wildman–Crippen MR) is 90.9 cm³/mol. The SMILES string of the molecule is CC(C)(O[Si](C)(C)C(C)(C)O[Si](C)(C)C)[Si](C)(C)O. The van der Waals surface area contributed by atoms with Crippen LogP contribution in [0.4, 0.5) is 0 Å². The van der Waals surface area contributed by atoms with Gasteiger partial charge in [0.1, 0.15) is 0 Å². The van der Waals surface area contributed by atoms with Crippen molar-refractivity contribution in [1.82, 2.24) is 0 Å². The molecule has 0 spiro atoms. The van der Waals surface area contributed by atoms with Gasteiger partial charge < -0.3 is 13.6 Å². The second-order valence-corrected chi connectivity index (χ2v) is 21.6. The smallest absolute Gasteiger partial charge is 0.216 e. The van der Waals surface area contributed by atoms with Crippen molar-refractivity contribution in [2.75, 3.05) is 0 Å². The van der Waals surface area contributed by atoms with E-state index in [4.69, 9.17) is 8.85 Å². The largest absolute Gasteiger partial charge is 0.429 e. The van der Waals surface area contributed by atoms with Crippen molar-refractivity contribution >= 4 is 25.0 Å². The number of rotatable bonds is 6. The first-order chi connectivity index (χ1) is 7.91. The standard InChI is InChI=1S/C13H34O3Si3/c1-12(2,18(8,9)14)16-19(10,11)13(3,4)15-17(5,6)7/h14H,1-11H3. The molecule has 0 radical (unpaired) electrons. The molecular formula is C13H34O3Si3. The van der Waals surface area contributed by atoms with Crippen LogP contribution < -0.4 is 0 Å². The maximum atomic E-state index is 10.4. The van der Waals surface area contributed by atoms with Gasteiger partial charge in [0, 0.05) is 0 Å². The average Bonchev–Trinajstić information content (AvgIpc) is 1.92. The Bertz CT molecular complexity index is 312. The summed E-state index contributed by atoms with van der Waals surface area (Å²) in [6.45, 7) is 23.2. The molecule has 0 aliphatic rings. The van der Waals surface area contributed by atoms with Crippen LogP contribution in [0.5, 0.6) is 0 Å². The molecule has 0 saturated heterocycles. The molecule has 1 N–H and O–H groups in total. The first kappa shape index (κ1) is 19.5. The molecule has 0 aromatic carbocycles. The maximum absolute atomic E-state index is 10.4. The van der Waals surface area contributed by atoms with Crippen molar-refractivity contribution in [3.8, 4) is 0 Å². The van der Waals surface area contributed by atoms with Crippen LogP contribution in [0.1, 0.15) is 27.7 Å². The normalized spacial score (nSPS) is 15.8. The van der Waals surface area contributed by atoms with Crippen molar-refractivity contribution in [3.63, 3.8) is 0 Å². The minimum absolute atomic E-state index is 0.256. The molecular weight excluding hydrogens is 288 g/mol. The molecule has 0 amide bonds. The minimum Gasteiger partial charge on any atom is -0.429 e. The minimum atomic E-state index is -2.36. The molecule has 3 nitrogen and oxygen atoms in total. The van der Waals surface area contributed by atoms with Crippen LogP contribution in [-0.4, -0.2) is 40.2 Å². The summed E-state index contributed by atoms with van der Waals surface area (Å²) in [4.78, 5) is 10.4. The van der Waals surface area contributed by atoms with Gasteiger partial charge in [0.15, 0.2) is 8.32 Å². The van der Waals surface area contributed by atoms with Gasteiger partial charge in [-0.25, -0.2) is 0 Å². The van der Waals surface area contributed by atoms with Gasteiger partial charge in [-0.05, 0) is 73.5 Å². The molecule has 116 valence electrons. The van der Waals surface area contributed by atoms with Crippen molar-refractivity contribution < 1.29 is 13.6 Å². The lowest BCUT2D eigenvalue weighted by atomic mass is 10.5. The summed E-state index contributed by atoms with van der Waals surface area (Å²) in [5, 5.41) is -0.711. The average molecular weight is 323 g/mol. The molecule has 0 aromatic rings. The molecule has 0 unspecified atom stereocenters. The highest BCUT2D eigenvalue weighted by atomic mass is 28.4. The van der Waals surface area contributed by atoms with Crippen LogP contribution in [-0.2, 0) is 8.85 Å². The van der Waals surface area contributed by atoms with Crippen LogP contribution in [0.3, 0.4) is 0 Å². The van der Waals surface area contributed by atoms with Gasteiger partial charge in [-0.3, -0.25) is 0 Å². The Morgan fingerprint density at radius 3 is 1.32 bits per heavy atom. The zero-order valence-electron chi connectivity index (χ0n) is 14.8. The summed E-state index contributed by atoms with van der Waals surface area (Å²) in [6.07, 6.45) is 0. The summed E-state index contributed by atoms with van der Waals surface area (Å²) >= 11 is 0. The molecule has 0 atom stereocenters. The van der Waals surface area contributed by atoms with E-state index in [-0.39, 0.29) is 5.22 Å². The lowest BCUT2D eigenvalue weighted by Gasteiger charge is -2.49. The van der Waals surface area contributed by atoms with Crippen LogP contribution in [0, 0.1) is 0 Å². The molecule has 0 aliphatic heterocycles. The molecule has 0 aliphatic carbocycles. The van der Waals surface area contributed by atoms with Crippen LogP contribution in [0.2, 0.25) is 45.8 Å². The van der Waals surface area contributed by atoms with Gasteiger partial charge in [0.25, 0.3) is 0 Å². The Labute approximate surface area is 123 Å². The first-order valence-corrected chi connectivity index (χ1v) is 16.3. The zero-order valence-corrected chi connectivity index (χ0v) is 17.8. The summed E-state index contributed by atoms with van der Waals surface area (Å²) in [5.41, 5.74) is 0. The zero-order chi connectivity index (χ0) is 15.9. The summed E-state index contributed by atoms with van der Waals surface area (Å²) in [6, 6.07) is 0. The fourth-order valence-electron chi connectivity index (χ4n) is 1.77. The van der Waals surface area contributed by atoms with Gasteiger partial charge >= 0.3 is 0 Å². The lowest BCUT2D eigenvalue weighted by Crippen LogP contribution is -2.65. The summed E-state index contributed by atoms with van der Waals surface area (Å²) < 4.78 is 12.8. The third-order valence-electron chi connectivity index (χ3n) is 3.99. The molecule has 19 heavy (non-hydrogen) atoms. The van der Waals surface area contributed by atoms with Gasteiger partial charge in [0.2, 0.25) is 16.6 Å². The Morgan fingerprint density at radius 2 is 1.05 bits per heavy atom. The highest BCUT2D eigenvalue weighted by molar-refractivity contribution is 6.79. The molecule has 0 fully saturated rings. The van der Waals surface area contributed by atoms with Crippen LogP contribution in [0.15, 0.2) is 0 Å². The summed E-state index contributed by atoms with van der Waals surface area (Å²) in [7, 11) is -6.08. The van der Waals surface area contributed by atoms with E-state index in [1.165, 1.54) is 0 Å². The van der Waals surface area contributed by atoms with E-state index in [1.807, 2.05) is 26.9 Å². The van der Waals surface area contributed by atoms with Crippen molar-refractivity contribution in [2.24, 2.45) is 0 Å². The van der Waals surface area contributed by atoms with Crippen LogP contribution >= 0.6 is 0 Å². The van der Waals surface area contributed by atoms with Crippen molar-refractivity contribution in [2.45, 2.75) is 84.0 Å². The van der Waals surface area contributed by atoms with E-state index in [0.717, 1.165) is 0 Å². The van der Waals surface area contributed by atoms with Crippen molar-refractivity contribution in [3.05, 3.63) is 0 Å². The van der Waals surface area contributed by atoms with E-state index in [9.17, 15) is 4.80 Å². The third kappa shape index (κ3) is 5.43. The number of hydrogen-bond donors (Lipinski definition) is 1. The topological polar surface area (TPSA) is 38.7 Å². The van der Waals surface area contributed by atoms with Gasteiger partial charge in [-0.1, -0.05) is 0 Å². The van der Waals surface area contributed by atoms with E-state index in [0.29, 0.717) is 0 Å². The van der Waals surface area contributed by atoms with E-state index in [1.54, 1.807) is 0 Å². The molecule has 0 bridgehead atoms. The Kier molecular flexibility index (Phi) is 5.53. The lowest BCUT2D eigenvalue weighted by molar-refractivity contribution is 0.0922. The monoisotopic (exact) mass is 322 g/mol. The predicted octanol–water partition coefficient (Wildman–Crippen LogP) is 3.89. The molecule has 0 rings (SSSR count). The Balaban J connectivity index is 5.18. The van der Waals surface area contributed by atoms with E-state index >= 15 is 0 Å². The Hall–Kier alpha value is 0.531. The quantitative estimate of drug-likeness (QED) is 0.754. The fourth-order valence-corrected chi connectivity index (χ4v) is 8.49. The van der Waals surface area contributed by atoms with Gasteiger partial charge in [-0.15, -0.1) is 0 Å². The molecule has 0 heterocycles. The highest BCUT2D eigenvalue weighted by Gasteiger charge is 2.51. The Morgan fingerprint density at radius 1 is 0.684 bits per heavy atom. The highest BCUT2D eigenvalue weighted by Crippen LogP contribution is 2.34. The van der Waals surface area contributed by atoms with Crippen molar-refractivity contribution in [1.29, 1.82) is 0 Å². The van der Waals surface area contributed by atoms with E-state index < -0.39 is 30.2 Å². The maximum Gasteiger partial charge on any atom is 0.216 e. The molecule has 6 heteroatoms. The first-order valence-electron chi connectivity index (χ1n) is 7.04. The van der Waals surface area contributed by atoms with Gasteiger partial charge in [-0.2, -0.15) is 0 Å². The second-order valence-electron chi connectivity index (χ2n) is 8.41. The fraction of sp³-hybridized carbons (Fsp3) is 1.00. The van der Waals surface area contributed by atoms with Crippen LogP contribution in [0.25, 0.3) is 0 Å². The molecule has 0 aromatic heterocycles. The second kappa shape index (κ2) is 5.38. The van der Waals surface area contributed by atoms with E-state index in [2.05, 4.69) is 46.6 Å².